The monoisotopic (exact) mass is 428 g/mol. The lowest BCUT2D eigenvalue weighted by molar-refractivity contribution is -0.363. The van der Waals surface area contributed by atoms with E-state index in [-0.39, 0.29) is 5.56 Å². The Morgan fingerprint density at radius 1 is 1.06 bits per heavy atom. The normalized spacial score (nSPS) is 17.5. The Labute approximate surface area is 181 Å². The van der Waals surface area contributed by atoms with Crippen molar-refractivity contribution >= 4 is 18.3 Å². The summed E-state index contributed by atoms with van der Waals surface area (Å²) < 4.78 is 55.2. The van der Waals surface area contributed by atoms with E-state index in [2.05, 4.69) is 0 Å². The Kier molecular flexibility index (Phi) is 4.99. The van der Waals surface area contributed by atoms with Crippen molar-refractivity contribution in [3.8, 4) is 5.75 Å². The number of methoxy groups -OCH3 is 1. The number of hydrogen-bond acceptors (Lipinski definition) is 1. The quantitative estimate of drug-likeness (QED) is 0.544. The minimum atomic E-state index is -4.12. The minimum Gasteiger partial charge on any atom is -0.497 e. The standard InChI is InChI=1S/C24H28BF3N2O/c1-8-18-13(3)23-22(20-12-17(31-7)10-11-21(20)26)24-14(4)19(9-2)16(6)30(24)25(27,28)29(23)15(18)5/h10-12H,8-9H2,1-7H3. The van der Waals surface area contributed by atoms with Crippen molar-refractivity contribution in [2.45, 2.75) is 54.4 Å². The molecule has 7 heteroatoms. The van der Waals surface area contributed by atoms with E-state index in [1.807, 2.05) is 27.7 Å². The number of allylic oxidation sites excluding steroid dienone is 2. The molecule has 164 valence electrons. The van der Waals surface area contributed by atoms with Crippen LogP contribution in [-0.2, 0) is 6.42 Å². The summed E-state index contributed by atoms with van der Waals surface area (Å²) in [7, 11) is 1.51. The third-order valence-corrected chi connectivity index (χ3v) is 6.94. The molecule has 0 saturated carbocycles. The van der Waals surface area contributed by atoms with Gasteiger partial charge >= 0.3 is 6.97 Å². The molecule has 0 amide bonds. The summed E-state index contributed by atoms with van der Waals surface area (Å²) >= 11 is 0. The topological polar surface area (TPSA) is 17.2 Å². The van der Waals surface area contributed by atoms with Crippen LogP contribution in [0.2, 0.25) is 0 Å². The maximum absolute atomic E-state index is 16.2. The highest BCUT2D eigenvalue weighted by Gasteiger charge is 2.56. The number of nitrogens with zero attached hydrogens (tertiary/aromatic N) is 2. The molecule has 3 heterocycles. The van der Waals surface area contributed by atoms with E-state index in [0.29, 0.717) is 47.0 Å². The molecule has 1 aromatic carbocycles. The fraction of sp³-hybridized carbons (Fsp3) is 0.375. The average molecular weight is 428 g/mol. The van der Waals surface area contributed by atoms with Gasteiger partial charge in [-0.1, -0.05) is 13.8 Å². The van der Waals surface area contributed by atoms with Gasteiger partial charge in [-0.25, -0.2) is 4.39 Å². The van der Waals surface area contributed by atoms with E-state index in [1.165, 1.54) is 13.2 Å². The highest BCUT2D eigenvalue weighted by Crippen LogP contribution is 2.47. The van der Waals surface area contributed by atoms with Crippen LogP contribution >= 0.6 is 0 Å². The van der Waals surface area contributed by atoms with Gasteiger partial charge in [0.05, 0.1) is 12.7 Å². The summed E-state index contributed by atoms with van der Waals surface area (Å²) in [6.07, 6.45) is 1.26. The van der Waals surface area contributed by atoms with E-state index >= 15 is 13.0 Å². The van der Waals surface area contributed by atoms with Crippen LogP contribution in [0, 0.1) is 19.7 Å². The lowest BCUT2D eigenvalue weighted by Crippen LogP contribution is -2.51. The molecule has 31 heavy (non-hydrogen) atoms. The first-order chi connectivity index (χ1) is 14.6. The number of aromatic nitrogens is 1. The summed E-state index contributed by atoms with van der Waals surface area (Å²) in [5.74, 6) is 0.0253. The van der Waals surface area contributed by atoms with Crippen molar-refractivity contribution in [3.63, 3.8) is 0 Å². The number of halogens is 3. The first-order valence-electron chi connectivity index (χ1n) is 10.8. The summed E-state index contributed by atoms with van der Waals surface area (Å²) in [5, 5.41) is 0. The van der Waals surface area contributed by atoms with Crippen LogP contribution in [0.15, 0.2) is 35.0 Å². The van der Waals surface area contributed by atoms with Gasteiger partial charge in [0.1, 0.15) is 17.3 Å². The zero-order chi connectivity index (χ0) is 22.8. The van der Waals surface area contributed by atoms with Crippen molar-refractivity contribution < 1.29 is 22.2 Å². The van der Waals surface area contributed by atoms with Crippen molar-refractivity contribution in [2.75, 3.05) is 7.11 Å². The molecule has 1 aromatic heterocycles. The number of ether oxygens (including phenoxy) is 1. The van der Waals surface area contributed by atoms with Gasteiger partial charge in [0.15, 0.2) is 5.70 Å². The lowest BCUT2D eigenvalue weighted by atomic mass is 9.83. The Bertz CT molecular complexity index is 1220. The van der Waals surface area contributed by atoms with Crippen LogP contribution in [0.4, 0.5) is 13.0 Å². The number of fused-ring (bicyclic) bond motifs is 2. The smallest absolute Gasteiger partial charge is 0.497 e. The molecular formula is C24H28BF3N2O. The van der Waals surface area contributed by atoms with Gasteiger partial charge in [-0.15, -0.1) is 0 Å². The molecule has 0 spiro atoms. The van der Waals surface area contributed by atoms with Gasteiger partial charge in [-0.2, -0.15) is 0 Å². The highest BCUT2D eigenvalue weighted by molar-refractivity contribution is 6.58. The molecule has 4 rings (SSSR count). The molecular weight excluding hydrogens is 400 g/mol. The van der Waals surface area contributed by atoms with Crippen LogP contribution in [0.3, 0.4) is 0 Å². The highest BCUT2D eigenvalue weighted by atomic mass is 19.2. The van der Waals surface area contributed by atoms with Gasteiger partial charge < -0.3 is 22.3 Å². The molecule has 0 unspecified atom stereocenters. The van der Waals surface area contributed by atoms with E-state index in [0.717, 1.165) is 31.2 Å². The van der Waals surface area contributed by atoms with Crippen molar-refractivity contribution in [3.05, 3.63) is 68.9 Å². The minimum absolute atomic E-state index is 0.277. The molecule has 2 aliphatic rings. The van der Waals surface area contributed by atoms with Gasteiger partial charge in [0, 0.05) is 29.3 Å². The van der Waals surface area contributed by atoms with Gasteiger partial charge in [0.2, 0.25) is 0 Å². The zero-order valence-electron chi connectivity index (χ0n) is 19.2. The molecule has 3 nitrogen and oxygen atoms in total. The number of benzene rings is 1. The largest absolute Gasteiger partial charge is 0.737 e. The molecule has 0 bridgehead atoms. The van der Waals surface area contributed by atoms with Crippen LogP contribution in [0.25, 0.3) is 5.57 Å². The Hall–Kier alpha value is -2.70. The Morgan fingerprint density at radius 2 is 1.74 bits per heavy atom. The maximum Gasteiger partial charge on any atom is 0.737 e. The summed E-state index contributed by atoms with van der Waals surface area (Å²) in [6, 6.07) is 4.49. The van der Waals surface area contributed by atoms with E-state index in [1.54, 1.807) is 26.0 Å². The Morgan fingerprint density at radius 3 is 2.32 bits per heavy atom. The third kappa shape index (κ3) is 2.71. The SMILES string of the molecule is CCC1=C(C)C2=C(c3cc(OC)ccc3F)c3c(C)c(CC)c(C)n3[B-](F)(F)[N+]2=C1C. The van der Waals surface area contributed by atoms with Crippen LogP contribution < -0.4 is 4.74 Å². The predicted octanol–water partition coefficient (Wildman–Crippen LogP) is 6.02. The summed E-state index contributed by atoms with van der Waals surface area (Å²) in [6.45, 7) is 7.01. The van der Waals surface area contributed by atoms with Crippen molar-refractivity contribution in [1.82, 2.24) is 4.48 Å². The fourth-order valence-corrected chi connectivity index (χ4v) is 5.56. The average Bonchev–Trinajstić information content (AvgIpc) is 3.14. The van der Waals surface area contributed by atoms with Crippen molar-refractivity contribution in [1.29, 1.82) is 0 Å². The van der Waals surface area contributed by atoms with Crippen LogP contribution in [-0.4, -0.2) is 28.8 Å². The van der Waals surface area contributed by atoms with Gasteiger partial charge in [-0.3, -0.25) is 0 Å². The molecule has 0 radical (unpaired) electrons. The van der Waals surface area contributed by atoms with E-state index in [9.17, 15) is 0 Å². The zero-order valence-corrected chi connectivity index (χ0v) is 19.2. The third-order valence-electron chi connectivity index (χ3n) is 6.94. The fourth-order valence-electron chi connectivity index (χ4n) is 5.56. The Balaban J connectivity index is 2.25. The first kappa shape index (κ1) is 21.5. The molecule has 2 aromatic rings. The van der Waals surface area contributed by atoms with E-state index in [4.69, 9.17) is 4.74 Å². The molecule has 0 aliphatic carbocycles. The van der Waals surface area contributed by atoms with Crippen LogP contribution in [0.1, 0.15) is 62.2 Å². The van der Waals surface area contributed by atoms with Crippen molar-refractivity contribution in [2.24, 2.45) is 0 Å². The van der Waals surface area contributed by atoms with E-state index < -0.39 is 12.8 Å². The molecule has 0 N–H and O–H groups in total. The second-order valence-corrected chi connectivity index (χ2v) is 8.33. The molecule has 0 saturated heterocycles. The number of hydrogen-bond donors (Lipinski definition) is 0. The van der Waals surface area contributed by atoms with Crippen LogP contribution in [0.5, 0.6) is 5.75 Å². The molecule has 0 fully saturated rings. The second-order valence-electron chi connectivity index (χ2n) is 8.33. The first-order valence-corrected chi connectivity index (χ1v) is 10.8. The molecule has 2 aliphatic heterocycles. The number of rotatable bonds is 4. The lowest BCUT2D eigenvalue weighted by Gasteiger charge is -2.34. The maximum atomic E-state index is 16.2. The second kappa shape index (κ2) is 7.18. The molecule has 0 atom stereocenters. The predicted molar refractivity (Wildman–Crippen MR) is 120 cm³/mol. The summed E-state index contributed by atoms with van der Waals surface area (Å²) in [5.41, 5.74) is 5.99. The van der Waals surface area contributed by atoms with Gasteiger partial charge in [-0.05, 0) is 68.6 Å². The summed E-state index contributed by atoms with van der Waals surface area (Å²) in [4.78, 5) is 0. The van der Waals surface area contributed by atoms with Gasteiger partial charge in [0.25, 0.3) is 0 Å².